The highest BCUT2D eigenvalue weighted by atomic mass is 79.9. The molecule has 0 aromatic heterocycles. The second-order valence-electron chi connectivity index (χ2n) is 9.25. The molecule has 6 heteroatoms. The Hall–Kier alpha value is -0.780. The van der Waals surface area contributed by atoms with E-state index in [1.807, 2.05) is 53.7 Å². The van der Waals surface area contributed by atoms with Crippen LogP contribution in [0.5, 0.6) is 0 Å². The number of aliphatic hydroxyl groups is 1. The van der Waals surface area contributed by atoms with Crippen LogP contribution in [0.4, 0.5) is 5.69 Å². The van der Waals surface area contributed by atoms with Crippen molar-refractivity contribution in [3.05, 3.63) is 27.2 Å². The zero-order chi connectivity index (χ0) is 19.7. The lowest BCUT2D eigenvalue weighted by Crippen LogP contribution is -2.67. The van der Waals surface area contributed by atoms with Crippen molar-refractivity contribution in [2.75, 3.05) is 5.32 Å². The van der Waals surface area contributed by atoms with Gasteiger partial charge in [0.2, 0.25) is 0 Å². The van der Waals surface area contributed by atoms with Crippen molar-refractivity contribution in [2.45, 2.75) is 76.5 Å². The van der Waals surface area contributed by atoms with Gasteiger partial charge in [-0.3, -0.25) is 4.79 Å². The maximum atomic E-state index is 13.0. The number of nitrogens with one attached hydrogen (secondary N) is 1. The molecule has 1 fully saturated rings. The summed E-state index contributed by atoms with van der Waals surface area (Å²) in [7, 11) is 0. The molecule has 1 saturated carbocycles. The topological polar surface area (TPSA) is 58.6 Å². The molecule has 1 aromatic rings. The minimum atomic E-state index is -1.10. The number of anilines is 1. The van der Waals surface area contributed by atoms with E-state index in [9.17, 15) is 9.90 Å². The average molecular weight is 445 g/mol. The first-order chi connectivity index (χ1) is 11.7. The highest BCUT2D eigenvalue weighted by Crippen LogP contribution is 2.62. The van der Waals surface area contributed by atoms with Crippen LogP contribution in [0.3, 0.4) is 0 Å². The van der Waals surface area contributed by atoms with Crippen molar-refractivity contribution in [3.8, 4) is 0 Å². The molecule has 26 heavy (non-hydrogen) atoms. The summed E-state index contributed by atoms with van der Waals surface area (Å²) in [6, 6.07) is 3.78. The second kappa shape index (κ2) is 5.86. The summed E-state index contributed by atoms with van der Waals surface area (Å²) in [5.41, 5.74) is -1.33. The van der Waals surface area contributed by atoms with E-state index in [4.69, 9.17) is 16.3 Å². The predicted molar refractivity (Wildman–Crippen MR) is 108 cm³/mol. The van der Waals surface area contributed by atoms with E-state index >= 15 is 0 Å². The highest BCUT2D eigenvalue weighted by Gasteiger charge is 2.68. The Kier molecular flexibility index (Phi) is 4.50. The quantitative estimate of drug-likeness (QED) is 0.595. The number of hydrogen-bond donors (Lipinski definition) is 2. The third kappa shape index (κ3) is 2.70. The molecule has 4 nitrogen and oxygen atoms in total. The minimum Gasteiger partial charge on any atom is -0.460 e. The average Bonchev–Trinajstić information content (AvgIpc) is 2.75. The molecule has 1 aliphatic heterocycles. The Bertz CT molecular complexity index is 773. The molecule has 3 rings (SSSR count). The van der Waals surface area contributed by atoms with Crippen LogP contribution in [0.15, 0.2) is 16.6 Å². The Morgan fingerprint density at radius 3 is 2.54 bits per heavy atom. The molecule has 2 N–H and O–H groups in total. The van der Waals surface area contributed by atoms with Crippen molar-refractivity contribution in [2.24, 2.45) is 5.92 Å². The first-order valence-corrected chi connectivity index (χ1v) is 10.1. The molecule has 0 saturated heterocycles. The van der Waals surface area contributed by atoms with Gasteiger partial charge < -0.3 is 15.2 Å². The largest absolute Gasteiger partial charge is 0.460 e. The van der Waals surface area contributed by atoms with Gasteiger partial charge in [-0.2, -0.15) is 0 Å². The standard InChI is InChI=1S/C20H27BrClNO3/c1-17(2,3)26-16(24)11-7-8-20(25)18(4,5)23-15-10-14(22)13(21)9-12(15)19(11,20)6/h9-11,23,25H,7-8H2,1-6H3. The molecule has 3 unspecified atom stereocenters. The molecule has 3 atom stereocenters. The highest BCUT2D eigenvalue weighted by molar-refractivity contribution is 9.10. The zero-order valence-corrected chi connectivity index (χ0v) is 18.5. The third-order valence-electron chi connectivity index (χ3n) is 6.14. The number of rotatable bonds is 1. The fourth-order valence-corrected chi connectivity index (χ4v) is 5.32. The molecule has 0 bridgehead atoms. The van der Waals surface area contributed by atoms with E-state index in [1.54, 1.807) is 0 Å². The summed E-state index contributed by atoms with van der Waals surface area (Å²) in [4.78, 5) is 13.0. The van der Waals surface area contributed by atoms with Crippen LogP contribution in [-0.4, -0.2) is 27.8 Å². The van der Waals surface area contributed by atoms with Gasteiger partial charge in [-0.1, -0.05) is 18.5 Å². The van der Waals surface area contributed by atoms with Gasteiger partial charge in [0.1, 0.15) is 5.60 Å². The third-order valence-corrected chi connectivity index (χ3v) is 7.34. The van der Waals surface area contributed by atoms with Crippen LogP contribution in [0, 0.1) is 5.92 Å². The van der Waals surface area contributed by atoms with Gasteiger partial charge >= 0.3 is 5.97 Å². The lowest BCUT2D eigenvalue weighted by atomic mass is 9.57. The SMILES string of the molecule is CC(C)(C)OC(=O)C1CCC2(O)C(C)(C)Nc3cc(Cl)c(Br)cc3C12C. The summed E-state index contributed by atoms with van der Waals surface area (Å²) in [5, 5.41) is 15.8. The van der Waals surface area contributed by atoms with Crippen molar-refractivity contribution >= 4 is 39.2 Å². The van der Waals surface area contributed by atoms with Crippen molar-refractivity contribution < 1.29 is 14.6 Å². The fraction of sp³-hybridized carbons (Fsp3) is 0.650. The summed E-state index contributed by atoms with van der Waals surface area (Å²) in [6.45, 7) is 11.5. The molecule has 0 spiro atoms. The number of halogens is 2. The minimum absolute atomic E-state index is 0.259. The molecule has 1 aliphatic carbocycles. The van der Waals surface area contributed by atoms with E-state index in [2.05, 4.69) is 21.2 Å². The van der Waals surface area contributed by atoms with Crippen LogP contribution in [-0.2, 0) is 14.9 Å². The van der Waals surface area contributed by atoms with Gasteiger partial charge in [-0.05, 0) is 81.1 Å². The first-order valence-electron chi connectivity index (χ1n) is 8.96. The van der Waals surface area contributed by atoms with Crippen molar-refractivity contribution in [3.63, 3.8) is 0 Å². The maximum Gasteiger partial charge on any atom is 0.310 e. The lowest BCUT2D eigenvalue weighted by Gasteiger charge is -2.56. The predicted octanol–water partition coefficient (Wildman–Crippen LogP) is 5.05. The van der Waals surface area contributed by atoms with Crippen LogP contribution in [0.1, 0.15) is 59.9 Å². The lowest BCUT2D eigenvalue weighted by molar-refractivity contribution is -0.165. The van der Waals surface area contributed by atoms with E-state index in [1.165, 1.54) is 0 Å². The number of esters is 1. The monoisotopic (exact) mass is 443 g/mol. The zero-order valence-electron chi connectivity index (χ0n) is 16.2. The van der Waals surface area contributed by atoms with E-state index < -0.39 is 28.1 Å². The van der Waals surface area contributed by atoms with Crippen LogP contribution in [0.2, 0.25) is 5.02 Å². The number of carbonyl (C=O) groups excluding carboxylic acids is 1. The Morgan fingerprint density at radius 1 is 1.35 bits per heavy atom. The molecule has 1 aromatic carbocycles. The Labute approximate surface area is 168 Å². The maximum absolute atomic E-state index is 13.0. The smallest absolute Gasteiger partial charge is 0.310 e. The van der Waals surface area contributed by atoms with E-state index in [0.717, 1.165) is 15.7 Å². The normalized spacial score (nSPS) is 32.4. The van der Waals surface area contributed by atoms with Gasteiger partial charge in [0.25, 0.3) is 0 Å². The van der Waals surface area contributed by atoms with Crippen LogP contribution >= 0.6 is 27.5 Å². The summed E-state index contributed by atoms with van der Waals surface area (Å²) in [6.07, 6.45) is 1.10. The van der Waals surface area contributed by atoms with Gasteiger partial charge in [-0.25, -0.2) is 0 Å². The van der Waals surface area contributed by atoms with Gasteiger partial charge in [-0.15, -0.1) is 0 Å². The van der Waals surface area contributed by atoms with Crippen LogP contribution < -0.4 is 5.32 Å². The summed E-state index contributed by atoms with van der Waals surface area (Å²) >= 11 is 9.80. The van der Waals surface area contributed by atoms with Crippen molar-refractivity contribution in [1.82, 2.24) is 0 Å². The van der Waals surface area contributed by atoms with E-state index in [-0.39, 0.29) is 5.97 Å². The molecule has 1 heterocycles. The summed E-state index contributed by atoms with van der Waals surface area (Å²) < 4.78 is 6.46. The fourth-order valence-electron chi connectivity index (χ4n) is 4.81. The molecule has 0 radical (unpaired) electrons. The number of carbonyl (C=O) groups is 1. The Balaban J connectivity index is 2.20. The number of fused-ring (bicyclic) bond motifs is 3. The molecular weight excluding hydrogens is 418 g/mol. The van der Waals surface area contributed by atoms with Crippen LogP contribution in [0.25, 0.3) is 0 Å². The molecule has 0 amide bonds. The van der Waals surface area contributed by atoms with E-state index in [0.29, 0.717) is 17.9 Å². The number of ether oxygens (including phenoxy) is 1. The summed E-state index contributed by atoms with van der Waals surface area (Å²) in [5.74, 6) is -0.689. The van der Waals surface area contributed by atoms with Crippen molar-refractivity contribution in [1.29, 1.82) is 0 Å². The number of benzene rings is 1. The Morgan fingerprint density at radius 2 is 1.96 bits per heavy atom. The first kappa shape index (κ1) is 20.0. The molecular formula is C20H27BrClNO3. The molecule has 144 valence electrons. The van der Waals surface area contributed by atoms with Gasteiger partial charge in [0, 0.05) is 15.6 Å². The van der Waals surface area contributed by atoms with Gasteiger partial charge in [0.05, 0.1) is 22.1 Å². The second-order valence-corrected chi connectivity index (χ2v) is 10.5. The van der Waals surface area contributed by atoms with Gasteiger partial charge in [0.15, 0.2) is 0 Å². The molecule has 2 aliphatic rings. The number of hydrogen-bond acceptors (Lipinski definition) is 4.